The minimum atomic E-state index is -3.79. The Bertz CT molecular complexity index is 298. The average molecular weight is 239 g/mol. The van der Waals surface area contributed by atoms with Gasteiger partial charge in [0.05, 0.1) is 12.7 Å². The van der Waals surface area contributed by atoms with Crippen LogP contribution in [0.3, 0.4) is 0 Å². The third kappa shape index (κ3) is 5.71. The van der Waals surface area contributed by atoms with E-state index in [2.05, 4.69) is 4.72 Å². The van der Waals surface area contributed by atoms with E-state index in [4.69, 9.17) is 9.84 Å². The minimum absolute atomic E-state index is 0.0198. The molecule has 90 valence electrons. The first kappa shape index (κ1) is 14.3. The lowest BCUT2D eigenvalue weighted by Crippen LogP contribution is -2.39. The maximum Gasteiger partial charge on any atom is 0.323 e. The van der Waals surface area contributed by atoms with E-state index in [0.717, 1.165) is 6.92 Å². The molecule has 0 aromatic rings. The number of carbonyl (C=O) groups is 1. The Morgan fingerprint density at radius 3 is 2.33 bits per heavy atom. The fraction of sp³-hybridized carbons (Fsp3) is 0.875. The van der Waals surface area contributed by atoms with Crippen molar-refractivity contribution >= 4 is 16.0 Å². The van der Waals surface area contributed by atoms with Crippen LogP contribution in [-0.2, 0) is 19.6 Å². The summed E-state index contributed by atoms with van der Waals surface area (Å²) in [5.74, 6) is -1.37. The third-order valence-corrected chi connectivity index (χ3v) is 3.41. The Kier molecular flexibility index (Phi) is 5.77. The quantitative estimate of drug-likeness (QED) is 0.600. The molecule has 0 aromatic carbocycles. The summed E-state index contributed by atoms with van der Waals surface area (Å²) in [4.78, 5) is 10.4. The first-order valence-corrected chi connectivity index (χ1v) is 6.15. The van der Waals surface area contributed by atoms with Crippen LogP contribution in [0.25, 0.3) is 0 Å². The van der Waals surface area contributed by atoms with Crippen LogP contribution >= 0.6 is 0 Å². The molecule has 0 aliphatic rings. The van der Waals surface area contributed by atoms with Gasteiger partial charge in [-0.2, -0.15) is 0 Å². The molecule has 0 fully saturated rings. The molecular formula is C8H17NO5S. The van der Waals surface area contributed by atoms with E-state index in [9.17, 15) is 13.2 Å². The minimum Gasteiger partial charge on any atom is -0.480 e. The molecule has 7 heteroatoms. The van der Waals surface area contributed by atoms with E-state index in [1.54, 1.807) is 0 Å². The van der Waals surface area contributed by atoms with Gasteiger partial charge in [-0.1, -0.05) is 0 Å². The summed E-state index contributed by atoms with van der Waals surface area (Å²) in [6.07, 6.45) is 0.0198. The van der Waals surface area contributed by atoms with E-state index in [1.165, 1.54) is 0 Å². The molecule has 0 heterocycles. The Morgan fingerprint density at radius 1 is 1.40 bits per heavy atom. The van der Waals surface area contributed by atoms with Gasteiger partial charge in [-0.25, -0.2) is 13.1 Å². The number of sulfonamides is 1. The van der Waals surface area contributed by atoms with Gasteiger partial charge < -0.3 is 9.84 Å². The molecule has 0 saturated heterocycles. The van der Waals surface area contributed by atoms with Crippen LogP contribution in [0.4, 0.5) is 0 Å². The second-order valence-corrected chi connectivity index (χ2v) is 5.43. The lowest BCUT2D eigenvalue weighted by molar-refractivity contribution is -0.136. The zero-order valence-corrected chi connectivity index (χ0v) is 9.87. The fourth-order valence-corrected chi connectivity index (χ4v) is 1.62. The molecule has 1 atom stereocenters. The monoisotopic (exact) mass is 239 g/mol. The number of aliphatic carboxylic acids is 1. The molecular weight excluding hydrogens is 222 g/mol. The van der Waals surface area contributed by atoms with Gasteiger partial charge >= 0.3 is 5.97 Å². The number of carboxylic acid groups (broad SMARTS) is 1. The highest BCUT2D eigenvalue weighted by Crippen LogP contribution is 1.97. The topological polar surface area (TPSA) is 92.7 Å². The molecule has 2 N–H and O–H groups in total. The van der Waals surface area contributed by atoms with E-state index in [-0.39, 0.29) is 19.3 Å². The zero-order chi connectivity index (χ0) is 12.1. The normalized spacial score (nSPS) is 14.1. The first-order chi connectivity index (χ1) is 6.77. The van der Waals surface area contributed by atoms with Crippen LogP contribution in [0, 0.1) is 0 Å². The Morgan fingerprint density at radius 2 is 1.93 bits per heavy atom. The van der Waals surface area contributed by atoms with Crippen molar-refractivity contribution in [3.63, 3.8) is 0 Å². The van der Waals surface area contributed by atoms with Crippen molar-refractivity contribution in [2.45, 2.75) is 32.1 Å². The van der Waals surface area contributed by atoms with Gasteiger partial charge in [0.1, 0.15) is 0 Å². The summed E-state index contributed by atoms with van der Waals surface area (Å²) in [7, 11) is -3.79. The Labute approximate surface area is 89.7 Å². The van der Waals surface area contributed by atoms with Gasteiger partial charge in [-0.3, -0.25) is 4.79 Å². The van der Waals surface area contributed by atoms with Crippen molar-refractivity contribution in [2.24, 2.45) is 0 Å². The van der Waals surface area contributed by atoms with Gasteiger partial charge in [0.25, 0.3) is 0 Å². The SMILES string of the molecule is CC(C)OCCNS(=O)(=O)C(C)C(=O)O. The molecule has 0 rings (SSSR count). The number of nitrogens with one attached hydrogen (secondary N) is 1. The standard InChI is InChI=1S/C8H17NO5S/c1-6(2)14-5-4-9-15(12,13)7(3)8(10)11/h6-7,9H,4-5H2,1-3H3,(H,10,11). The smallest absolute Gasteiger partial charge is 0.323 e. The van der Waals surface area contributed by atoms with Gasteiger partial charge in [-0.15, -0.1) is 0 Å². The van der Waals surface area contributed by atoms with E-state index < -0.39 is 21.2 Å². The lowest BCUT2D eigenvalue weighted by atomic mass is 10.5. The summed E-state index contributed by atoms with van der Waals surface area (Å²) in [5, 5.41) is 7.06. The van der Waals surface area contributed by atoms with Crippen molar-refractivity contribution in [1.82, 2.24) is 4.72 Å². The summed E-state index contributed by atoms with van der Waals surface area (Å²) < 4.78 is 29.8. The van der Waals surface area contributed by atoms with E-state index in [0.29, 0.717) is 0 Å². The number of hydrogen-bond donors (Lipinski definition) is 2. The Hall–Kier alpha value is -0.660. The fourth-order valence-electron chi connectivity index (χ4n) is 0.736. The summed E-state index contributed by atoms with van der Waals surface area (Å²) in [6, 6.07) is 0. The molecule has 0 aliphatic carbocycles. The molecule has 1 unspecified atom stereocenters. The third-order valence-electron chi connectivity index (χ3n) is 1.67. The highest BCUT2D eigenvalue weighted by Gasteiger charge is 2.26. The number of ether oxygens (including phenoxy) is 1. The van der Waals surface area contributed by atoms with E-state index in [1.807, 2.05) is 13.8 Å². The molecule has 0 spiro atoms. The van der Waals surface area contributed by atoms with Crippen LogP contribution in [0.1, 0.15) is 20.8 Å². The van der Waals surface area contributed by atoms with Crippen LogP contribution in [0.2, 0.25) is 0 Å². The second-order valence-electron chi connectivity index (χ2n) is 3.34. The molecule has 0 amide bonds. The maximum absolute atomic E-state index is 11.3. The molecule has 0 aliphatic heterocycles. The molecule has 15 heavy (non-hydrogen) atoms. The molecule has 0 bridgehead atoms. The molecule has 0 aromatic heterocycles. The van der Waals surface area contributed by atoms with Crippen LogP contribution in [-0.4, -0.2) is 44.0 Å². The summed E-state index contributed by atoms with van der Waals surface area (Å²) in [6.45, 7) is 5.08. The van der Waals surface area contributed by atoms with Crippen molar-refractivity contribution in [3.05, 3.63) is 0 Å². The molecule has 0 saturated carbocycles. The van der Waals surface area contributed by atoms with Crippen LogP contribution < -0.4 is 4.72 Å². The maximum atomic E-state index is 11.3. The van der Waals surface area contributed by atoms with Gasteiger partial charge in [0.15, 0.2) is 5.25 Å². The zero-order valence-electron chi connectivity index (χ0n) is 9.06. The average Bonchev–Trinajstić information content (AvgIpc) is 2.10. The van der Waals surface area contributed by atoms with Gasteiger partial charge in [0, 0.05) is 6.54 Å². The molecule has 0 radical (unpaired) electrons. The first-order valence-electron chi connectivity index (χ1n) is 4.60. The van der Waals surface area contributed by atoms with Crippen molar-refractivity contribution in [3.8, 4) is 0 Å². The second kappa shape index (κ2) is 6.04. The summed E-state index contributed by atoms with van der Waals surface area (Å²) in [5.41, 5.74) is 0. The van der Waals surface area contributed by atoms with Crippen molar-refractivity contribution in [1.29, 1.82) is 0 Å². The number of carboxylic acids is 1. The number of rotatable bonds is 7. The van der Waals surface area contributed by atoms with Gasteiger partial charge in [0.2, 0.25) is 10.0 Å². The summed E-state index contributed by atoms with van der Waals surface area (Å²) >= 11 is 0. The number of hydrogen-bond acceptors (Lipinski definition) is 4. The van der Waals surface area contributed by atoms with Gasteiger partial charge in [-0.05, 0) is 20.8 Å². The van der Waals surface area contributed by atoms with Crippen molar-refractivity contribution in [2.75, 3.05) is 13.2 Å². The predicted molar refractivity (Wildman–Crippen MR) is 55.1 cm³/mol. The lowest BCUT2D eigenvalue weighted by Gasteiger charge is -2.11. The largest absolute Gasteiger partial charge is 0.480 e. The molecule has 6 nitrogen and oxygen atoms in total. The predicted octanol–water partition coefficient (Wildman–Crippen LogP) is -0.196. The Balaban J connectivity index is 4.01. The van der Waals surface area contributed by atoms with E-state index >= 15 is 0 Å². The van der Waals surface area contributed by atoms with Crippen LogP contribution in [0.5, 0.6) is 0 Å². The van der Waals surface area contributed by atoms with Crippen molar-refractivity contribution < 1.29 is 23.1 Å². The highest BCUT2D eigenvalue weighted by atomic mass is 32.2. The highest BCUT2D eigenvalue weighted by molar-refractivity contribution is 7.90. The van der Waals surface area contributed by atoms with Crippen LogP contribution in [0.15, 0.2) is 0 Å².